The first-order valence-electron chi connectivity index (χ1n) is 21.8. The summed E-state index contributed by atoms with van der Waals surface area (Å²) in [4.78, 5) is 76.7. The fourth-order valence-electron chi connectivity index (χ4n) is 8.44. The topological polar surface area (TPSA) is 196 Å². The van der Waals surface area contributed by atoms with Crippen LogP contribution in [0, 0.1) is 5.92 Å². The smallest absolute Gasteiger partial charge is 0.416 e. The third-order valence-electron chi connectivity index (χ3n) is 11.9. The van der Waals surface area contributed by atoms with Crippen LogP contribution in [0.5, 0.6) is 0 Å². The van der Waals surface area contributed by atoms with E-state index in [1.165, 1.54) is 12.4 Å². The highest BCUT2D eigenvalue weighted by atomic mass is 19.4. The van der Waals surface area contributed by atoms with E-state index < -0.39 is 29.5 Å². The van der Waals surface area contributed by atoms with Crippen molar-refractivity contribution in [2.45, 2.75) is 147 Å². The number of halogens is 3. The predicted octanol–water partition coefficient (Wildman–Crippen LogP) is 4.52. The molecule has 2 aromatic rings. The molecule has 3 fully saturated rings. The number of nitrogens with zero attached hydrogens (tertiary/aromatic N) is 4. The van der Waals surface area contributed by atoms with Gasteiger partial charge >= 0.3 is 12.3 Å². The summed E-state index contributed by atoms with van der Waals surface area (Å²) in [6.45, 7) is 10.8. The SMILES string of the molecule is CC(C)N(C)[C@@H]1CC[C@H](N2CC[C@H](Nc3ncnc4ccc(C(F)(F)F)cc34)C2=O)[C@H](NC(=O)C2CCC(NC(=O)CCOCCNC(=O)CCNC(=O)OC(C)(C)C)CC2)C1. The zero-order valence-corrected chi connectivity index (χ0v) is 36.7. The standard InChI is InChI=1S/C43H64F3N9O7/c1-26(2)54(6)30-12-14-35(55-20-16-33(40(55)59)52-38-31-23-28(43(44,45)46)9-13-32(31)49-25-50-38)34(24-30)53-39(58)27-7-10-29(11-8-27)51-37(57)17-21-61-22-19-47-36(56)15-18-48-41(60)62-42(3,4)5/h9,13,23,25-27,29-30,33-35H,7-8,10-12,14-22,24H2,1-6H3,(H,47,56)(H,48,60)(H,51,57)(H,53,58)(H,49,50,52)/t27?,29?,30-,33+,34-,35+/m1/s1. The van der Waals surface area contributed by atoms with Crippen LogP contribution >= 0.6 is 0 Å². The molecule has 19 heteroatoms. The highest BCUT2D eigenvalue weighted by Crippen LogP contribution is 2.35. The fraction of sp³-hybridized carbons (Fsp3) is 0.698. The maximum Gasteiger partial charge on any atom is 0.416 e. The van der Waals surface area contributed by atoms with Gasteiger partial charge in [-0.1, -0.05) is 0 Å². The number of alkyl halides is 3. The number of hydrogen-bond donors (Lipinski definition) is 5. The van der Waals surface area contributed by atoms with Crippen LogP contribution < -0.4 is 26.6 Å². The van der Waals surface area contributed by atoms with Gasteiger partial charge in [0.1, 0.15) is 23.8 Å². The molecule has 16 nitrogen and oxygen atoms in total. The summed E-state index contributed by atoms with van der Waals surface area (Å²) >= 11 is 0. The second kappa shape index (κ2) is 21.5. The van der Waals surface area contributed by atoms with Gasteiger partial charge in [0.25, 0.3) is 0 Å². The molecule has 5 N–H and O–H groups in total. The van der Waals surface area contributed by atoms with E-state index in [0.717, 1.165) is 18.6 Å². The molecule has 1 aromatic carbocycles. The lowest BCUT2D eigenvalue weighted by Crippen LogP contribution is -2.59. The van der Waals surface area contributed by atoms with Gasteiger partial charge in [-0.2, -0.15) is 13.2 Å². The summed E-state index contributed by atoms with van der Waals surface area (Å²) < 4.78 is 51.3. The third-order valence-corrected chi connectivity index (χ3v) is 11.9. The van der Waals surface area contributed by atoms with E-state index in [4.69, 9.17) is 9.47 Å². The van der Waals surface area contributed by atoms with Gasteiger partial charge in [0.2, 0.25) is 23.6 Å². The van der Waals surface area contributed by atoms with E-state index >= 15 is 0 Å². The van der Waals surface area contributed by atoms with Gasteiger partial charge in [0, 0.05) is 61.9 Å². The molecule has 1 aliphatic heterocycles. The lowest BCUT2D eigenvalue weighted by molar-refractivity contribution is -0.137. The Labute approximate surface area is 361 Å². The number of anilines is 1. The average molecular weight is 876 g/mol. The number of amides is 5. The van der Waals surface area contributed by atoms with Gasteiger partial charge in [-0.3, -0.25) is 19.2 Å². The number of likely N-dealkylation sites (tertiary alicyclic amines) is 1. The maximum atomic E-state index is 14.0. The van der Waals surface area contributed by atoms with Crippen LogP contribution in [0.3, 0.4) is 0 Å². The minimum Gasteiger partial charge on any atom is -0.444 e. The number of alkyl carbamates (subject to hydrolysis) is 1. The van der Waals surface area contributed by atoms with E-state index in [9.17, 15) is 37.1 Å². The summed E-state index contributed by atoms with van der Waals surface area (Å²) in [6.07, 6.45) is 1.48. The first kappa shape index (κ1) is 48.3. The van der Waals surface area contributed by atoms with Gasteiger partial charge in [-0.25, -0.2) is 14.8 Å². The van der Waals surface area contributed by atoms with Crippen molar-refractivity contribution < 1.29 is 46.6 Å². The van der Waals surface area contributed by atoms with Crippen LogP contribution in [0.1, 0.15) is 104 Å². The third kappa shape index (κ3) is 13.9. The van der Waals surface area contributed by atoms with Crippen molar-refractivity contribution in [1.82, 2.24) is 41.0 Å². The zero-order valence-electron chi connectivity index (χ0n) is 36.7. The van der Waals surface area contributed by atoms with Gasteiger partial charge in [-0.05, 0) is 111 Å². The Morgan fingerprint density at radius 3 is 2.34 bits per heavy atom. The summed E-state index contributed by atoms with van der Waals surface area (Å²) in [7, 11) is 2.08. The number of carbonyl (C=O) groups excluding carboxylic acids is 5. The Morgan fingerprint density at radius 1 is 0.903 bits per heavy atom. The lowest BCUT2D eigenvalue weighted by Gasteiger charge is -2.45. The fourth-order valence-corrected chi connectivity index (χ4v) is 8.44. The zero-order chi connectivity index (χ0) is 45.2. The average Bonchev–Trinajstić information content (AvgIpc) is 3.56. The predicted molar refractivity (Wildman–Crippen MR) is 226 cm³/mol. The molecule has 2 aliphatic carbocycles. The van der Waals surface area contributed by atoms with E-state index in [0.29, 0.717) is 57.0 Å². The Morgan fingerprint density at radius 2 is 1.65 bits per heavy atom. The van der Waals surface area contributed by atoms with E-state index in [1.807, 2.05) is 4.90 Å². The number of fused-ring (bicyclic) bond motifs is 1. The summed E-state index contributed by atoms with van der Waals surface area (Å²) in [5.41, 5.74) is -1.12. The quantitative estimate of drug-likeness (QED) is 0.140. The molecule has 0 bridgehead atoms. The van der Waals surface area contributed by atoms with Crippen molar-refractivity contribution >= 4 is 46.4 Å². The van der Waals surface area contributed by atoms with Gasteiger partial charge in [0.05, 0.1) is 36.4 Å². The number of nitrogens with one attached hydrogen (secondary N) is 5. The first-order valence-corrected chi connectivity index (χ1v) is 21.8. The molecule has 344 valence electrons. The minimum atomic E-state index is -4.55. The highest BCUT2D eigenvalue weighted by molar-refractivity contribution is 5.93. The van der Waals surface area contributed by atoms with Crippen molar-refractivity contribution in [3.63, 3.8) is 0 Å². The summed E-state index contributed by atoms with van der Waals surface area (Å²) in [6, 6.07) is 2.43. The molecule has 2 saturated carbocycles. The van der Waals surface area contributed by atoms with E-state index in [-0.39, 0.29) is 110 Å². The second-order valence-corrected chi connectivity index (χ2v) is 17.9. The minimum absolute atomic E-state index is 0.0633. The summed E-state index contributed by atoms with van der Waals surface area (Å²) in [5.74, 6) is -0.720. The van der Waals surface area contributed by atoms with Crippen LogP contribution in [-0.2, 0) is 34.8 Å². The van der Waals surface area contributed by atoms with Gasteiger partial charge < -0.3 is 45.9 Å². The van der Waals surface area contributed by atoms with Crippen LogP contribution in [-0.4, -0.2) is 131 Å². The van der Waals surface area contributed by atoms with Crippen LogP contribution in [0.2, 0.25) is 0 Å². The Bertz CT molecular complexity index is 1870. The van der Waals surface area contributed by atoms with Crippen molar-refractivity contribution in [3.05, 3.63) is 30.1 Å². The molecule has 2 heterocycles. The van der Waals surface area contributed by atoms with Crippen molar-refractivity contribution in [1.29, 1.82) is 0 Å². The molecule has 0 radical (unpaired) electrons. The maximum absolute atomic E-state index is 14.0. The number of hydrogen-bond acceptors (Lipinski definition) is 11. The van der Waals surface area contributed by atoms with Crippen molar-refractivity contribution in [2.75, 3.05) is 45.2 Å². The first-order chi connectivity index (χ1) is 29.3. The molecule has 1 aromatic heterocycles. The number of rotatable bonds is 17. The van der Waals surface area contributed by atoms with Crippen LogP contribution in [0.4, 0.5) is 23.8 Å². The molecule has 62 heavy (non-hydrogen) atoms. The molecule has 5 amide bonds. The number of benzene rings is 1. The number of aromatic nitrogens is 2. The normalized spacial score (nSPS) is 23.3. The van der Waals surface area contributed by atoms with Crippen LogP contribution in [0.15, 0.2) is 24.5 Å². The van der Waals surface area contributed by atoms with Gasteiger partial charge in [-0.15, -0.1) is 0 Å². The molecule has 5 rings (SSSR count). The van der Waals surface area contributed by atoms with Crippen molar-refractivity contribution in [3.8, 4) is 0 Å². The molecule has 1 saturated heterocycles. The number of ether oxygens (including phenoxy) is 2. The lowest BCUT2D eigenvalue weighted by atomic mass is 9.82. The Balaban J connectivity index is 1.06. The molecule has 3 aliphatic rings. The largest absolute Gasteiger partial charge is 0.444 e. The Hall–Kier alpha value is -4.78. The van der Waals surface area contributed by atoms with Crippen LogP contribution in [0.25, 0.3) is 10.9 Å². The van der Waals surface area contributed by atoms with E-state index in [1.54, 1.807) is 20.8 Å². The molecule has 0 unspecified atom stereocenters. The Kier molecular flexibility index (Phi) is 16.8. The van der Waals surface area contributed by atoms with Crippen molar-refractivity contribution in [2.24, 2.45) is 5.92 Å². The van der Waals surface area contributed by atoms with E-state index in [2.05, 4.69) is 62.3 Å². The van der Waals surface area contributed by atoms with Gasteiger partial charge in [0.15, 0.2) is 0 Å². The second-order valence-electron chi connectivity index (χ2n) is 17.9. The monoisotopic (exact) mass is 875 g/mol. The molecular formula is C43H64F3N9O7. The molecular weight excluding hydrogens is 812 g/mol. The summed E-state index contributed by atoms with van der Waals surface area (Å²) in [5, 5.41) is 14.9. The molecule has 0 spiro atoms. The molecule has 4 atom stereocenters. The highest BCUT2D eigenvalue weighted by Gasteiger charge is 2.44. The number of carbonyl (C=O) groups is 5.